The quantitative estimate of drug-likeness (QED) is 0.746. The Labute approximate surface area is 124 Å². The highest BCUT2D eigenvalue weighted by Crippen LogP contribution is 2.34. The Bertz CT molecular complexity index is 435. The van der Waals surface area contributed by atoms with Gasteiger partial charge in [-0.3, -0.25) is 0 Å². The van der Waals surface area contributed by atoms with Crippen molar-refractivity contribution in [2.45, 2.75) is 26.1 Å². The summed E-state index contributed by atoms with van der Waals surface area (Å²) in [7, 11) is 3.40. The summed E-state index contributed by atoms with van der Waals surface area (Å²) >= 11 is 0. The predicted octanol–water partition coefficient (Wildman–Crippen LogP) is 3.29. The van der Waals surface area contributed by atoms with E-state index in [1.54, 1.807) is 26.3 Å². The normalized spacial score (nSPS) is 11.7. The summed E-state index contributed by atoms with van der Waals surface area (Å²) in [6, 6.07) is 4.50. The minimum Gasteiger partial charge on any atom is -0.385 e. The Morgan fingerprint density at radius 3 is 2.57 bits per heavy atom. The molecule has 1 rings (SSSR count). The van der Waals surface area contributed by atoms with Crippen LogP contribution in [0.1, 0.15) is 24.5 Å². The summed E-state index contributed by atoms with van der Waals surface area (Å²) < 4.78 is 44.4. The second-order valence-electron chi connectivity index (χ2n) is 4.89. The molecule has 0 fully saturated rings. The van der Waals surface area contributed by atoms with Gasteiger partial charge in [0.1, 0.15) is 0 Å². The fourth-order valence-electron chi connectivity index (χ4n) is 2.05. The maximum Gasteiger partial charge on any atom is 0.416 e. The number of ether oxygens (including phenoxy) is 1. The van der Waals surface area contributed by atoms with E-state index in [2.05, 4.69) is 5.32 Å². The number of nitrogens with one attached hydrogen (secondary N) is 1. The maximum absolute atomic E-state index is 13.2. The highest BCUT2D eigenvalue weighted by atomic mass is 19.4. The minimum absolute atomic E-state index is 0.221. The highest BCUT2D eigenvalue weighted by molar-refractivity contribution is 5.51. The molecule has 1 aromatic rings. The second kappa shape index (κ2) is 8.24. The molecular weight excluding hydrogens is 281 g/mol. The van der Waals surface area contributed by atoms with Crippen LogP contribution >= 0.6 is 0 Å². The van der Waals surface area contributed by atoms with Gasteiger partial charge in [0.05, 0.1) is 5.56 Å². The second-order valence-corrected chi connectivity index (χ2v) is 4.89. The van der Waals surface area contributed by atoms with Crippen molar-refractivity contribution in [3.8, 4) is 0 Å². The topological polar surface area (TPSA) is 24.5 Å². The molecule has 0 amide bonds. The molecule has 3 nitrogen and oxygen atoms in total. The molecule has 0 aromatic heterocycles. The summed E-state index contributed by atoms with van der Waals surface area (Å²) in [5.74, 6) is 0. The van der Waals surface area contributed by atoms with E-state index >= 15 is 0 Å². The van der Waals surface area contributed by atoms with Gasteiger partial charge in [0.15, 0.2) is 0 Å². The number of halogens is 3. The van der Waals surface area contributed by atoms with Gasteiger partial charge in [-0.2, -0.15) is 13.2 Å². The van der Waals surface area contributed by atoms with E-state index in [-0.39, 0.29) is 12.1 Å². The number of anilines is 1. The van der Waals surface area contributed by atoms with Gasteiger partial charge in [-0.15, -0.1) is 0 Å². The van der Waals surface area contributed by atoms with E-state index in [1.165, 1.54) is 6.07 Å². The van der Waals surface area contributed by atoms with Gasteiger partial charge in [0, 0.05) is 39.5 Å². The van der Waals surface area contributed by atoms with Gasteiger partial charge in [-0.1, -0.05) is 13.0 Å². The first kappa shape index (κ1) is 17.8. The van der Waals surface area contributed by atoms with Gasteiger partial charge in [-0.05, 0) is 30.7 Å². The largest absolute Gasteiger partial charge is 0.416 e. The Morgan fingerprint density at radius 1 is 1.29 bits per heavy atom. The smallest absolute Gasteiger partial charge is 0.385 e. The van der Waals surface area contributed by atoms with Crippen molar-refractivity contribution in [2.75, 3.05) is 38.8 Å². The van der Waals surface area contributed by atoms with E-state index in [4.69, 9.17) is 4.74 Å². The average molecular weight is 304 g/mol. The molecule has 21 heavy (non-hydrogen) atoms. The lowest BCUT2D eigenvalue weighted by molar-refractivity contribution is -0.138. The summed E-state index contributed by atoms with van der Waals surface area (Å²) in [4.78, 5) is 1.81. The van der Waals surface area contributed by atoms with E-state index in [9.17, 15) is 13.2 Å². The van der Waals surface area contributed by atoms with Crippen molar-refractivity contribution in [3.63, 3.8) is 0 Å². The van der Waals surface area contributed by atoms with Gasteiger partial charge in [0.2, 0.25) is 0 Å². The summed E-state index contributed by atoms with van der Waals surface area (Å²) in [6.45, 7) is 3.97. The molecule has 0 saturated heterocycles. The van der Waals surface area contributed by atoms with Crippen molar-refractivity contribution in [3.05, 3.63) is 29.3 Å². The first-order chi connectivity index (χ1) is 9.90. The van der Waals surface area contributed by atoms with Crippen molar-refractivity contribution >= 4 is 5.69 Å². The molecule has 0 aliphatic rings. The molecular formula is C15H23F3N2O. The first-order valence-electron chi connectivity index (χ1n) is 7.01. The molecule has 0 bridgehead atoms. The summed E-state index contributed by atoms with van der Waals surface area (Å²) in [5, 5.41) is 2.94. The van der Waals surface area contributed by atoms with Gasteiger partial charge in [0.25, 0.3) is 0 Å². The molecule has 1 aromatic carbocycles. The van der Waals surface area contributed by atoms with E-state index < -0.39 is 11.7 Å². The fourth-order valence-corrected chi connectivity index (χ4v) is 2.05. The Morgan fingerprint density at radius 2 is 2.00 bits per heavy atom. The van der Waals surface area contributed by atoms with E-state index in [0.29, 0.717) is 25.4 Å². The molecule has 0 atom stereocenters. The van der Waals surface area contributed by atoms with Crippen molar-refractivity contribution < 1.29 is 17.9 Å². The van der Waals surface area contributed by atoms with E-state index in [1.807, 2.05) is 11.8 Å². The summed E-state index contributed by atoms with van der Waals surface area (Å²) in [6.07, 6.45) is -3.57. The number of hydrogen-bond donors (Lipinski definition) is 1. The maximum atomic E-state index is 13.2. The van der Waals surface area contributed by atoms with Crippen LogP contribution in [-0.4, -0.2) is 33.9 Å². The van der Waals surface area contributed by atoms with Crippen molar-refractivity contribution in [2.24, 2.45) is 0 Å². The molecule has 0 saturated carbocycles. The van der Waals surface area contributed by atoms with E-state index in [0.717, 1.165) is 6.42 Å². The number of benzene rings is 1. The Balaban J connectivity index is 2.93. The lowest BCUT2D eigenvalue weighted by atomic mass is 10.1. The molecule has 1 N–H and O–H groups in total. The van der Waals surface area contributed by atoms with Crippen LogP contribution in [0.3, 0.4) is 0 Å². The third kappa shape index (κ3) is 5.55. The number of methoxy groups -OCH3 is 1. The number of hydrogen-bond acceptors (Lipinski definition) is 3. The number of alkyl halides is 3. The molecule has 0 spiro atoms. The standard InChI is InChI=1S/C15H23F3N2O/c1-4-19-11-12-6-7-13(10-14(12)15(16,17)18)20(2)8-5-9-21-3/h6-7,10,19H,4-5,8-9,11H2,1-3H3. The van der Waals surface area contributed by atoms with Crippen LogP contribution in [0.15, 0.2) is 18.2 Å². The van der Waals surface area contributed by atoms with Crippen LogP contribution in [0, 0.1) is 0 Å². The molecule has 0 aliphatic carbocycles. The third-order valence-corrected chi connectivity index (χ3v) is 3.25. The van der Waals surface area contributed by atoms with Crippen LogP contribution in [0.2, 0.25) is 0 Å². The lowest BCUT2D eigenvalue weighted by Crippen LogP contribution is -2.22. The first-order valence-corrected chi connectivity index (χ1v) is 7.01. The van der Waals surface area contributed by atoms with Gasteiger partial charge >= 0.3 is 6.18 Å². The fraction of sp³-hybridized carbons (Fsp3) is 0.600. The Hall–Kier alpha value is -1.27. The molecule has 120 valence electrons. The number of rotatable bonds is 8. The summed E-state index contributed by atoms with van der Waals surface area (Å²) in [5.41, 5.74) is 0.275. The molecule has 0 unspecified atom stereocenters. The highest BCUT2D eigenvalue weighted by Gasteiger charge is 2.33. The monoisotopic (exact) mass is 304 g/mol. The lowest BCUT2D eigenvalue weighted by Gasteiger charge is -2.22. The predicted molar refractivity (Wildman–Crippen MR) is 78.6 cm³/mol. The Kier molecular flexibility index (Phi) is 6.98. The van der Waals surface area contributed by atoms with Crippen LogP contribution < -0.4 is 10.2 Å². The van der Waals surface area contributed by atoms with Crippen LogP contribution in [0.4, 0.5) is 18.9 Å². The number of nitrogens with zero attached hydrogens (tertiary/aromatic N) is 1. The zero-order valence-electron chi connectivity index (χ0n) is 12.8. The van der Waals surface area contributed by atoms with Gasteiger partial charge in [-0.25, -0.2) is 0 Å². The van der Waals surface area contributed by atoms with Crippen molar-refractivity contribution in [1.82, 2.24) is 5.32 Å². The minimum atomic E-state index is -4.34. The molecule has 0 radical (unpaired) electrons. The molecule has 0 heterocycles. The van der Waals surface area contributed by atoms with Crippen LogP contribution in [-0.2, 0) is 17.5 Å². The average Bonchev–Trinajstić information content (AvgIpc) is 2.44. The van der Waals surface area contributed by atoms with Crippen LogP contribution in [0.5, 0.6) is 0 Å². The molecule has 0 aliphatic heterocycles. The van der Waals surface area contributed by atoms with Crippen molar-refractivity contribution in [1.29, 1.82) is 0 Å². The third-order valence-electron chi connectivity index (χ3n) is 3.25. The molecule has 6 heteroatoms. The zero-order valence-corrected chi connectivity index (χ0v) is 12.8. The van der Waals surface area contributed by atoms with Gasteiger partial charge < -0.3 is 15.0 Å². The van der Waals surface area contributed by atoms with Crippen LogP contribution in [0.25, 0.3) is 0 Å². The SMILES string of the molecule is CCNCc1ccc(N(C)CCCOC)cc1C(F)(F)F. The zero-order chi connectivity index (χ0) is 15.9.